The second-order valence-electron chi connectivity index (χ2n) is 8.87. The molecule has 164 valence electrons. The van der Waals surface area contributed by atoms with Crippen LogP contribution in [0.2, 0.25) is 0 Å². The van der Waals surface area contributed by atoms with Crippen molar-refractivity contribution in [2.75, 3.05) is 21.1 Å². The SMILES string of the molecule is CCCCCCCCCC(CCCCCCCCC)[N+](C)(C)C.O=C(O)O. The van der Waals surface area contributed by atoms with Gasteiger partial charge in [-0.2, -0.15) is 0 Å². The first kappa shape index (κ1) is 28.4. The van der Waals surface area contributed by atoms with Gasteiger partial charge in [0.1, 0.15) is 0 Å². The van der Waals surface area contributed by atoms with Crippen molar-refractivity contribution in [1.82, 2.24) is 0 Å². The van der Waals surface area contributed by atoms with Crippen molar-refractivity contribution >= 4 is 6.16 Å². The van der Waals surface area contributed by atoms with E-state index in [1.54, 1.807) is 0 Å². The van der Waals surface area contributed by atoms with Crippen molar-refractivity contribution in [1.29, 1.82) is 0 Å². The van der Waals surface area contributed by atoms with Crippen LogP contribution in [-0.2, 0) is 0 Å². The summed E-state index contributed by atoms with van der Waals surface area (Å²) < 4.78 is 1.16. The summed E-state index contributed by atoms with van der Waals surface area (Å²) in [6.07, 6.45) is 21.2. The molecular formula is C23H50NO3+. The summed E-state index contributed by atoms with van der Waals surface area (Å²) >= 11 is 0. The molecular weight excluding hydrogens is 338 g/mol. The van der Waals surface area contributed by atoms with Crippen LogP contribution >= 0.6 is 0 Å². The average Bonchev–Trinajstić information content (AvgIpc) is 2.56. The Morgan fingerprint density at radius 3 is 1.15 bits per heavy atom. The third-order valence-electron chi connectivity index (χ3n) is 5.38. The van der Waals surface area contributed by atoms with E-state index in [1.807, 2.05) is 0 Å². The molecule has 4 nitrogen and oxygen atoms in total. The monoisotopic (exact) mass is 388 g/mol. The molecule has 0 saturated carbocycles. The molecule has 0 saturated heterocycles. The summed E-state index contributed by atoms with van der Waals surface area (Å²) in [7, 11) is 7.19. The molecule has 0 bridgehead atoms. The molecule has 0 fully saturated rings. The van der Waals surface area contributed by atoms with E-state index in [2.05, 4.69) is 35.0 Å². The molecule has 0 rings (SSSR count). The molecule has 0 amide bonds. The Bertz CT molecular complexity index is 291. The van der Waals surface area contributed by atoms with E-state index in [0.29, 0.717) is 0 Å². The van der Waals surface area contributed by atoms with Crippen LogP contribution in [-0.4, -0.2) is 48.0 Å². The van der Waals surface area contributed by atoms with Crippen molar-refractivity contribution in [3.05, 3.63) is 0 Å². The summed E-state index contributed by atoms with van der Waals surface area (Å²) in [5.74, 6) is 0. The Labute approximate surface area is 169 Å². The summed E-state index contributed by atoms with van der Waals surface area (Å²) in [6, 6.07) is 0.876. The molecule has 0 atom stereocenters. The molecule has 0 aliphatic heterocycles. The van der Waals surface area contributed by atoms with Gasteiger partial charge < -0.3 is 14.7 Å². The zero-order chi connectivity index (χ0) is 21.0. The van der Waals surface area contributed by atoms with Crippen molar-refractivity contribution in [2.45, 2.75) is 123 Å². The Morgan fingerprint density at radius 1 is 0.630 bits per heavy atom. The van der Waals surface area contributed by atoms with Crippen molar-refractivity contribution in [3.63, 3.8) is 0 Å². The lowest BCUT2D eigenvalue weighted by Crippen LogP contribution is -2.45. The molecule has 4 heteroatoms. The lowest BCUT2D eigenvalue weighted by Gasteiger charge is -2.34. The highest BCUT2D eigenvalue weighted by atomic mass is 16.6. The maximum absolute atomic E-state index is 8.56. The second kappa shape index (κ2) is 20.0. The van der Waals surface area contributed by atoms with E-state index in [-0.39, 0.29) is 0 Å². The molecule has 27 heavy (non-hydrogen) atoms. The largest absolute Gasteiger partial charge is 0.503 e. The molecule has 0 aromatic rings. The van der Waals surface area contributed by atoms with Gasteiger partial charge in [-0.05, 0) is 25.7 Å². The fourth-order valence-corrected chi connectivity index (χ4v) is 3.59. The highest BCUT2D eigenvalue weighted by molar-refractivity contribution is 5.53. The fraction of sp³-hybridized carbons (Fsp3) is 0.957. The van der Waals surface area contributed by atoms with Crippen LogP contribution < -0.4 is 0 Å². The highest BCUT2D eigenvalue weighted by Crippen LogP contribution is 2.20. The molecule has 0 unspecified atom stereocenters. The predicted molar refractivity (Wildman–Crippen MR) is 118 cm³/mol. The summed E-state index contributed by atoms with van der Waals surface area (Å²) in [4.78, 5) is 8.56. The minimum Gasteiger partial charge on any atom is -0.450 e. The maximum atomic E-state index is 8.56. The Hall–Kier alpha value is -0.770. The van der Waals surface area contributed by atoms with Crippen LogP contribution in [0.4, 0.5) is 4.79 Å². The van der Waals surface area contributed by atoms with Crippen molar-refractivity contribution in [3.8, 4) is 0 Å². The standard InChI is InChI=1S/C22H48N.CH2O3/c1-6-8-10-12-14-16-18-20-22(23(3,4)5)21-19-17-15-13-11-9-7-2;2-1(3)4/h22H,6-21H2,1-5H3;(H2,2,3,4)/q+1;. The average molecular weight is 389 g/mol. The van der Waals surface area contributed by atoms with Crippen LogP contribution in [0.5, 0.6) is 0 Å². The smallest absolute Gasteiger partial charge is 0.450 e. The molecule has 0 aromatic carbocycles. The van der Waals surface area contributed by atoms with Gasteiger partial charge in [0.05, 0.1) is 27.2 Å². The van der Waals surface area contributed by atoms with E-state index in [9.17, 15) is 0 Å². The molecule has 0 aliphatic carbocycles. The van der Waals surface area contributed by atoms with Crippen molar-refractivity contribution in [2.24, 2.45) is 0 Å². The lowest BCUT2D eigenvalue weighted by atomic mass is 9.98. The highest BCUT2D eigenvalue weighted by Gasteiger charge is 2.22. The molecule has 0 heterocycles. The molecule has 0 aromatic heterocycles. The zero-order valence-electron chi connectivity index (χ0n) is 19.1. The molecule has 0 aliphatic rings. The topological polar surface area (TPSA) is 57.5 Å². The van der Waals surface area contributed by atoms with Crippen LogP contribution in [0, 0.1) is 0 Å². The number of nitrogens with zero attached hydrogens (tertiary/aromatic N) is 1. The minimum atomic E-state index is -1.83. The Morgan fingerprint density at radius 2 is 0.889 bits per heavy atom. The van der Waals surface area contributed by atoms with Gasteiger partial charge in [-0.1, -0.05) is 90.9 Å². The van der Waals surface area contributed by atoms with Gasteiger partial charge in [0.25, 0.3) is 0 Å². The van der Waals surface area contributed by atoms with Gasteiger partial charge in [0.2, 0.25) is 0 Å². The first-order chi connectivity index (χ1) is 12.8. The maximum Gasteiger partial charge on any atom is 0.503 e. The van der Waals surface area contributed by atoms with Gasteiger partial charge in [0.15, 0.2) is 0 Å². The lowest BCUT2D eigenvalue weighted by molar-refractivity contribution is -0.896. The normalized spacial score (nSPS) is 11.3. The van der Waals surface area contributed by atoms with Gasteiger partial charge in [-0.3, -0.25) is 0 Å². The minimum absolute atomic E-state index is 0.876. The van der Waals surface area contributed by atoms with Crippen molar-refractivity contribution < 1.29 is 19.5 Å². The first-order valence-electron chi connectivity index (χ1n) is 11.5. The molecule has 0 spiro atoms. The van der Waals surface area contributed by atoms with E-state index in [0.717, 1.165) is 10.5 Å². The van der Waals surface area contributed by atoms with E-state index in [1.165, 1.54) is 103 Å². The van der Waals surface area contributed by atoms with E-state index < -0.39 is 6.16 Å². The first-order valence-corrected chi connectivity index (χ1v) is 11.5. The summed E-state index contributed by atoms with van der Waals surface area (Å²) in [6.45, 7) is 4.60. The van der Waals surface area contributed by atoms with E-state index in [4.69, 9.17) is 15.0 Å². The Balaban J connectivity index is 0. The number of carbonyl (C=O) groups is 1. The number of unbranched alkanes of at least 4 members (excludes halogenated alkanes) is 12. The number of hydrogen-bond donors (Lipinski definition) is 2. The number of hydrogen-bond acceptors (Lipinski definition) is 1. The fourth-order valence-electron chi connectivity index (χ4n) is 3.59. The van der Waals surface area contributed by atoms with Gasteiger partial charge in [-0.15, -0.1) is 0 Å². The van der Waals surface area contributed by atoms with Gasteiger partial charge in [0, 0.05) is 0 Å². The third kappa shape index (κ3) is 25.2. The quantitative estimate of drug-likeness (QED) is 0.199. The molecule has 2 N–H and O–H groups in total. The number of quaternary nitrogens is 1. The summed E-state index contributed by atoms with van der Waals surface area (Å²) in [5, 5.41) is 13.9. The second-order valence-corrected chi connectivity index (χ2v) is 8.87. The molecule has 0 radical (unpaired) electrons. The summed E-state index contributed by atoms with van der Waals surface area (Å²) in [5.41, 5.74) is 0. The van der Waals surface area contributed by atoms with Gasteiger partial charge in [-0.25, -0.2) is 4.79 Å². The van der Waals surface area contributed by atoms with E-state index >= 15 is 0 Å². The van der Waals surface area contributed by atoms with Crippen LogP contribution in [0.15, 0.2) is 0 Å². The van der Waals surface area contributed by atoms with Crippen LogP contribution in [0.3, 0.4) is 0 Å². The number of carboxylic acid groups (broad SMARTS) is 2. The Kier molecular flexibility index (Phi) is 21.0. The van der Waals surface area contributed by atoms with Crippen LogP contribution in [0.25, 0.3) is 0 Å². The number of rotatable bonds is 17. The third-order valence-corrected chi connectivity index (χ3v) is 5.38. The van der Waals surface area contributed by atoms with Crippen LogP contribution in [0.1, 0.15) is 117 Å². The van der Waals surface area contributed by atoms with Gasteiger partial charge >= 0.3 is 6.16 Å². The predicted octanol–water partition coefficient (Wildman–Crippen LogP) is 7.57. The zero-order valence-corrected chi connectivity index (χ0v) is 19.1.